The maximum atomic E-state index is 2.50. The average molecular weight is 325 g/mol. The molecule has 0 saturated heterocycles. The van der Waals surface area contributed by atoms with Gasteiger partial charge in [0.25, 0.3) is 0 Å². The fourth-order valence-corrected chi connectivity index (χ4v) is 3.56. The van der Waals surface area contributed by atoms with Gasteiger partial charge in [-0.3, -0.25) is 0 Å². The topological polar surface area (TPSA) is 0 Å². The molecule has 0 aliphatic carbocycles. The highest BCUT2D eigenvalue weighted by molar-refractivity contribution is 4.78. The third-order valence-corrected chi connectivity index (χ3v) is 5.86. The van der Waals surface area contributed by atoms with Crippen molar-refractivity contribution in [2.24, 2.45) is 34.5 Å². The van der Waals surface area contributed by atoms with E-state index in [-0.39, 0.29) is 0 Å². The predicted molar refractivity (Wildman–Crippen MR) is 108 cm³/mol. The zero-order chi connectivity index (χ0) is 18.3. The van der Waals surface area contributed by atoms with E-state index in [2.05, 4.69) is 69.2 Å². The third-order valence-electron chi connectivity index (χ3n) is 5.86. The normalized spacial score (nSPS) is 17.3. The van der Waals surface area contributed by atoms with Crippen LogP contribution in [0.25, 0.3) is 0 Å². The summed E-state index contributed by atoms with van der Waals surface area (Å²) in [6, 6.07) is 0. The molecule has 140 valence electrons. The zero-order valence-corrected chi connectivity index (χ0v) is 18.3. The van der Waals surface area contributed by atoms with Crippen molar-refractivity contribution in [3.63, 3.8) is 0 Å². The first-order chi connectivity index (χ1) is 10.4. The summed E-state index contributed by atoms with van der Waals surface area (Å²) in [6.07, 6.45) is 9.68. The van der Waals surface area contributed by atoms with Gasteiger partial charge in [-0.1, -0.05) is 88.5 Å². The molecule has 0 saturated carbocycles. The number of hydrogen-bond acceptors (Lipinski definition) is 0. The Hall–Kier alpha value is 0. The molecule has 0 rings (SSSR count). The van der Waals surface area contributed by atoms with Crippen molar-refractivity contribution in [1.29, 1.82) is 0 Å². The van der Waals surface area contributed by atoms with Crippen LogP contribution in [-0.4, -0.2) is 0 Å². The van der Waals surface area contributed by atoms with E-state index in [1.807, 2.05) is 0 Å². The quantitative estimate of drug-likeness (QED) is 0.358. The van der Waals surface area contributed by atoms with Gasteiger partial charge >= 0.3 is 0 Å². The van der Waals surface area contributed by atoms with E-state index in [9.17, 15) is 0 Å². The van der Waals surface area contributed by atoms with Crippen LogP contribution in [0.15, 0.2) is 0 Å². The summed E-state index contributed by atoms with van der Waals surface area (Å²) >= 11 is 0. The molecule has 0 aromatic carbocycles. The van der Waals surface area contributed by atoms with Gasteiger partial charge in [0.2, 0.25) is 0 Å². The van der Waals surface area contributed by atoms with Gasteiger partial charge in [0.15, 0.2) is 0 Å². The highest BCUT2D eigenvalue weighted by Crippen LogP contribution is 2.38. The van der Waals surface area contributed by atoms with Crippen molar-refractivity contribution >= 4 is 0 Å². The lowest BCUT2D eigenvalue weighted by Gasteiger charge is -2.34. The van der Waals surface area contributed by atoms with Crippen molar-refractivity contribution in [1.82, 2.24) is 0 Å². The van der Waals surface area contributed by atoms with Gasteiger partial charge in [-0.15, -0.1) is 0 Å². The van der Waals surface area contributed by atoms with Crippen LogP contribution in [0.1, 0.15) is 114 Å². The molecule has 0 aromatic heterocycles. The Balaban J connectivity index is 4.49. The molecular weight excluding hydrogens is 276 g/mol. The molecule has 0 aliphatic rings. The summed E-state index contributed by atoms with van der Waals surface area (Å²) in [5.41, 5.74) is 0.985. The summed E-state index contributed by atoms with van der Waals surface area (Å²) in [5, 5.41) is 0. The molecule has 0 amide bonds. The molecule has 0 spiro atoms. The van der Waals surface area contributed by atoms with Crippen LogP contribution in [0.5, 0.6) is 0 Å². The minimum Gasteiger partial charge on any atom is -0.0651 e. The lowest BCUT2D eigenvalue weighted by atomic mass is 9.71. The van der Waals surface area contributed by atoms with E-state index in [0.717, 1.165) is 23.7 Å². The molecule has 0 nitrogen and oxygen atoms in total. The standard InChI is InChI=1S/C23H48/c1-11-19(4)13-15-23(9,10)17-21(18(2)3)16-20(5)12-14-22(6,7)8/h18-21H,11-17H2,1-10H3. The molecular formula is C23H48. The SMILES string of the molecule is CCC(C)CCC(C)(C)CC(CC(C)CCC(C)(C)C)C(C)C. The molecule has 0 aromatic rings. The molecule has 23 heavy (non-hydrogen) atoms. The second kappa shape index (κ2) is 10.1. The first-order valence-corrected chi connectivity index (χ1v) is 10.4. The van der Waals surface area contributed by atoms with Gasteiger partial charge in [-0.25, -0.2) is 0 Å². The smallest absolute Gasteiger partial charge is 0.0351 e. The molecule has 3 unspecified atom stereocenters. The van der Waals surface area contributed by atoms with Gasteiger partial charge in [0, 0.05) is 0 Å². The van der Waals surface area contributed by atoms with Crippen molar-refractivity contribution in [3.8, 4) is 0 Å². The fourth-order valence-electron chi connectivity index (χ4n) is 3.56. The van der Waals surface area contributed by atoms with Crippen LogP contribution >= 0.6 is 0 Å². The van der Waals surface area contributed by atoms with Crippen LogP contribution in [0.2, 0.25) is 0 Å². The lowest BCUT2D eigenvalue weighted by Crippen LogP contribution is -2.23. The van der Waals surface area contributed by atoms with Gasteiger partial charge < -0.3 is 0 Å². The highest BCUT2D eigenvalue weighted by Gasteiger charge is 2.27. The molecule has 0 aliphatic heterocycles. The molecule has 0 radical (unpaired) electrons. The molecule has 0 bridgehead atoms. The van der Waals surface area contributed by atoms with Crippen LogP contribution in [0.3, 0.4) is 0 Å². The molecule has 0 heterocycles. The Labute approximate surface area is 149 Å². The average Bonchev–Trinajstić information content (AvgIpc) is 2.40. The Morgan fingerprint density at radius 3 is 1.70 bits per heavy atom. The van der Waals surface area contributed by atoms with E-state index in [4.69, 9.17) is 0 Å². The first-order valence-electron chi connectivity index (χ1n) is 10.4. The van der Waals surface area contributed by atoms with Crippen LogP contribution in [0, 0.1) is 34.5 Å². The Morgan fingerprint density at radius 2 is 1.26 bits per heavy atom. The third kappa shape index (κ3) is 12.1. The van der Waals surface area contributed by atoms with Crippen molar-refractivity contribution in [2.75, 3.05) is 0 Å². The summed E-state index contributed by atoms with van der Waals surface area (Å²) < 4.78 is 0. The van der Waals surface area contributed by atoms with Crippen molar-refractivity contribution in [2.45, 2.75) is 114 Å². The Morgan fingerprint density at radius 1 is 0.739 bits per heavy atom. The monoisotopic (exact) mass is 324 g/mol. The minimum atomic E-state index is 0.483. The van der Waals surface area contributed by atoms with Gasteiger partial charge in [-0.2, -0.15) is 0 Å². The number of rotatable bonds is 11. The fraction of sp³-hybridized carbons (Fsp3) is 1.00. The summed E-state index contributed by atoms with van der Waals surface area (Å²) in [6.45, 7) is 24.2. The second-order valence-electron chi connectivity index (χ2n) is 10.9. The molecule has 3 atom stereocenters. The first kappa shape index (κ1) is 23.0. The van der Waals surface area contributed by atoms with Gasteiger partial charge in [0.05, 0.1) is 0 Å². The molecule has 0 N–H and O–H groups in total. The largest absolute Gasteiger partial charge is 0.0651 e. The van der Waals surface area contributed by atoms with Gasteiger partial charge in [-0.05, 0) is 60.2 Å². The maximum Gasteiger partial charge on any atom is -0.0351 e. The Kier molecular flexibility index (Phi) is 10.1. The van der Waals surface area contributed by atoms with E-state index < -0.39 is 0 Å². The summed E-state index contributed by atoms with van der Waals surface area (Å²) in [7, 11) is 0. The van der Waals surface area contributed by atoms with E-state index in [1.165, 1.54) is 44.9 Å². The second-order valence-corrected chi connectivity index (χ2v) is 10.9. The number of hydrogen-bond donors (Lipinski definition) is 0. The van der Waals surface area contributed by atoms with Crippen LogP contribution in [0.4, 0.5) is 0 Å². The summed E-state index contributed by atoms with van der Waals surface area (Å²) in [5.74, 6) is 3.45. The van der Waals surface area contributed by atoms with E-state index in [0.29, 0.717) is 10.8 Å². The van der Waals surface area contributed by atoms with Crippen molar-refractivity contribution < 1.29 is 0 Å². The van der Waals surface area contributed by atoms with Crippen LogP contribution in [-0.2, 0) is 0 Å². The summed E-state index contributed by atoms with van der Waals surface area (Å²) in [4.78, 5) is 0. The van der Waals surface area contributed by atoms with E-state index >= 15 is 0 Å². The predicted octanol–water partition coefficient (Wildman–Crippen LogP) is 8.35. The minimum absolute atomic E-state index is 0.483. The highest BCUT2D eigenvalue weighted by atomic mass is 14.3. The van der Waals surface area contributed by atoms with Gasteiger partial charge in [0.1, 0.15) is 0 Å². The molecule has 0 fully saturated rings. The lowest BCUT2D eigenvalue weighted by molar-refractivity contribution is 0.168. The van der Waals surface area contributed by atoms with E-state index in [1.54, 1.807) is 0 Å². The Bertz CT molecular complexity index is 292. The van der Waals surface area contributed by atoms with Crippen LogP contribution < -0.4 is 0 Å². The molecule has 0 heteroatoms. The zero-order valence-electron chi connectivity index (χ0n) is 18.3. The maximum absolute atomic E-state index is 2.50. The van der Waals surface area contributed by atoms with Crippen molar-refractivity contribution in [3.05, 3.63) is 0 Å².